The Hall–Kier alpha value is -2.54. The molecule has 0 radical (unpaired) electrons. The molecule has 0 spiro atoms. The van der Waals surface area contributed by atoms with Gasteiger partial charge in [-0.2, -0.15) is 0 Å². The average molecular weight is 293 g/mol. The van der Waals surface area contributed by atoms with E-state index in [4.69, 9.17) is 9.84 Å². The van der Waals surface area contributed by atoms with E-state index in [2.05, 4.69) is 6.58 Å². The second-order valence-electron chi connectivity index (χ2n) is 4.58. The SMILES string of the molecule is C=CCOc1ccc2c(c1)C(O)CN(C(=O)O)C2C(=O)O. The van der Waals surface area contributed by atoms with Crippen LogP contribution in [0.5, 0.6) is 5.75 Å². The van der Waals surface area contributed by atoms with Gasteiger partial charge in [-0.15, -0.1) is 0 Å². The van der Waals surface area contributed by atoms with E-state index in [1.54, 1.807) is 6.08 Å². The number of aliphatic hydroxyl groups excluding tert-OH is 1. The van der Waals surface area contributed by atoms with Crippen LogP contribution in [0.3, 0.4) is 0 Å². The summed E-state index contributed by atoms with van der Waals surface area (Å²) in [4.78, 5) is 23.2. The van der Waals surface area contributed by atoms with Crippen LogP contribution in [0, 0.1) is 0 Å². The summed E-state index contributed by atoms with van der Waals surface area (Å²) in [5.41, 5.74) is 0.607. The molecule has 1 aliphatic rings. The highest BCUT2D eigenvalue weighted by atomic mass is 16.5. The number of carboxylic acid groups (broad SMARTS) is 2. The van der Waals surface area contributed by atoms with Gasteiger partial charge < -0.3 is 20.1 Å². The highest BCUT2D eigenvalue weighted by Gasteiger charge is 2.39. The molecular formula is C14H15NO6. The van der Waals surface area contributed by atoms with E-state index in [1.165, 1.54) is 18.2 Å². The van der Waals surface area contributed by atoms with Crippen LogP contribution in [0.15, 0.2) is 30.9 Å². The van der Waals surface area contributed by atoms with Crippen LogP contribution in [0.25, 0.3) is 0 Å². The van der Waals surface area contributed by atoms with Crippen molar-refractivity contribution in [1.29, 1.82) is 0 Å². The van der Waals surface area contributed by atoms with Gasteiger partial charge in [-0.1, -0.05) is 18.7 Å². The summed E-state index contributed by atoms with van der Waals surface area (Å²) in [7, 11) is 0. The molecule has 1 aromatic rings. The predicted octanol–water partition coefficient (Wildman–Crippen LogP) is 1.40. The van der Waals surface area contributed by atoms with Gasteiger partial charge in [0.15, 0.2) is 6.04 Å². The number of carboxylic acids is 1. The van der Waals surface area contributed by atoms with E-state index in [9.17, 15) is 19.8 Å². The number of hydrogen-bond acceptors (Lipinski definition) is 4. The van der Waals surface area contributed by atoms with Gasteiger partial charge in [-0.05, 0) is 23.3 Å². The molecule has 112 valence electrons. The van der Waals surface area contributed by atoms with Gasteiger partial charge in [-0.3, -0.25) is 4.90 Å². The maximum atomic E-state index is 11.4. The number of fused-ring (bicyclic) bond motifs is 1. The molecule has 0 aromatic heterocycles. The molecule has 2 unspecified atom stereocenters. The topological polar surface area (TPSA) is 107 Å². The van der Waals surface area contributed by atoms with Crippen molar-refractivity contribution in [3.63, 3.8) is 0 Å². The molecule has 0 fully saturated rings. The zero-order valence-electron chi connectivity index (χ0n) is 11.1. The van der Waals surface area contributed by atoms with E-state index in [0.29, 0.717) is 16.2 Å². The van der Waals surface area contributed by atoms with Crippen LogP contribution in [0.2, 0.25) is 0 Å². The summed E-state index contributed by atoms with van der Waals surface area (Å²) in [5.74, 6) is -0.828. The highest BCUT2D eigenvalue weighted by Crippen LogP contribution is 2.37. The van der Waals surface area contributed by atoms with Gasteiger partial charge in [0.05, 0.1) is 12.6 Å². The average Bonchev–Trinajstić information content (AvgIpc) is 2.44. The third-order valence-electron chi connectivity index (χ3n) is 3.24. The van der Waals surface area contributed by atoms with E-state index in [-0.39, 0.29) is 18.7 Å². The first kappa shape index (κ1) is 14.9. The Morgan fingerprint density at radius 1 is 1.38 bits per heavy atom. The number of carbonyl (C=O) groups is 2. The highest BCUT2D eigenvalue weighted by molar-refractivity contribution is 5.82. The van der Waals surface area contributed by atoms with Crippen LogP contribution in [-0.2, 0) is 4.79 Å². The van der Waals surface area contributed by atoms with Crippen molar-refractivity contribution in [2.45, 2.75) is 12.1 Å². The number of benzene rings is 1. The standard InChI is InChI=1S/C14H15NO6/c1-2-5-21-8-3-4-9-10(6-8)11(16)7-15(14(19)20)12(9)13(17)18/h2-4,6,11-12,16H,1,5,7H2,(H,17,18)(H,19,20). The normalized spacial score (nSPS) is 20.5. The number of aliphatic carboxylic acids is 1. The lowest BCUT2D eigenvalue weighted by Crippen LogP contribution is -2.44. The largest absolute Gasteiger partial charge is 0.490 e. The molecule has 21 heavy (non-hydrogen) atoms. The maximum Gasteiger partial charge on any atom is 0.408 e. The van der Waals surface area contributed by atoms with E-state index >= 15 is 0 Å². The number of aliphatic hydroxyl groups is 1. The minimum absolute atomic E-state index is 0.245. The first-order valence-electron chi connectivity index (χ1n) is 6.23. The van der Waals surface area contributed by atoms with Gasteiger partial charge in [0.1, 0.15) is 12.4 Å². The van der Waals surface area contributed by atoms with Crippen molar-refractivity contribution >= 4 is 12.1 Å². The van der Waals surface area contributed by atoms with Crippen LogP contribution in [-0.4, -0.2) is 45.4 Å². The molecule has 0 aliphatic carbocycles. The number of amides is 1. The zero-order chi connectivity index (χ0) is 15.6. The van der Waals surface area contributed by atoms with Gasteiger partial charge in [-0.25, -0.2) is 9.59 Å². The minimum Gasteiger partial charge on any atom is -0.490 e. The zero-order valence-corrected chi connectivity index (χ0v) is 11.1. The Balaban J connectivity index is 2.44. The van der Waals surface area contributed by atoms with Crippen LogP contribution < -0.4 is 4.74 Å². The molecule has 0 saturated carbocycles. The number of ether oxygens (including phenoxy) is 1. The third kappa shape index (κ3) is 2.82. The summed E-state index contributed by atoms with van der Waals surface area (Å²) in [6, 6.07) is 3.19. The van der Waals surface area contributed by atoms with Crippen molar-refractivity contribution in [3.8, 4) is 5.75 Å². The molecule has 7 nitrogen and oxygen atoms in total. The Kier molecular flexibility index (Phi) is 4.13. The molecular weight excluding hydrogens is 278 g/mol. The van der Waals surface area contributed by atoms with E-state index < -0.39 is 24.2 Å². The van der Waals surface area contributed by atoms with Crippen molar-refractivity contribution in [2.75, 3.05) is 13.2 Å². The molecule has 1 heterocycles. The lowest BCUT2D eigenvalue weighted by molar-refractivity contribution is -0.144. The fourth-order valence-electron chi connectivity index (χ4n) is 2.35. The number of β-amino-alcohol motifs (C(OH)–C–C–N with tert-alkyl or cyclic N) is 1. The first-order chi connectivity index (χ1) is 9.95. The Labute approximate surface area is 120 Å². The maximum absolute atomic E-state index is 11.4. The molecule has 0 saturated heterocycles. The van der Waals surface area contributed by atoms with Gasteiger partial charge in [0.2, 0.25) is 0 Å². The smallest absolute Gasteiger partial charge is 0.408 e. The molecule has 2 rings (SSSR count). The molecule has 1 aromatic carbocycles. The molecule has 3 N–H and O–H groups in total. The van der Waals surface area contributed by atoms with Crippen molar-refractivity contribution in [2.24, 2.45) is 0 Å². The van der Waals surface area contributed by atoms with Crippen LogP contribution >= 0.6 is 0 Å². The molecule has 7 heteroatoms. The Bertz CT molecular complexity index is 585. The lowest BCUT2D eigenvalue weighted by Gasteiger charge is -2.35. The first-order valence-corrected chi connectivity index (χ1v) is 6.23. The van der Waals surface area contributed by atoms with Gasteiger partial charge >= 0.3 is 12.1 Å². The van der Waals surface area contributed by atoms with Crippen molar-refractivity contribution in [3.05, 3.63) is 42.0 Å². The molecule has 0 bridgehead atoms. The van der Waals surface area contributed by atoms with Gasteiger partial charge in [0.25, 0.3) is 0 Å². The Morgan fingerprint density at radius 2 is 2.10 bits per heavy atom. The molecule has 1 amide bonds. The summed E-state index contributed by atoms with van der Waals surface area (Å²) in [6.45, 7) is 3.49. The second kappa shape index (κ2) is 5.84. The minimum atomic E-state index is -1.39. The van der Waals surface area contributed by atoms with E-state index in [0.717, 1.165) is 0 Å². The second-order valence-corrected chi connectivity index (χ2v) is 4.58. The van der Waals surface area contributed by atoms with Crippen molar-refractivity contribution in [1.82, 2.24) is 4.90 Å². The van der Waals surface area contributed by atoms with Crippen LogP contribution in [0.1, 0.15) is 23.3 Å². The fourth-order valence-corrected chi connectivity index (χ4v) is 2.35. The summed E-state index contributed by atoms with van der Waals surface area (Å²) >= 11 is 0. The summed E-state index contributed by atoms with van der Waals surface area (Å²) < 4.78 is 5.33. The lowest BCUT2D eigenvalue weighted by atomic mass is 9.91. The number of nitrogens with zero attached hydrogens (tertiary/aromatic N) is 1. The molecule has 2 atom stereocenters. The Morgan fingerprint density at radius 3 is 2.67 bits per heavy atom. The molecule has 1 aliphatic heterocycles. The summed E-state index contributed by atoms with van der Waals surface area (Å²) in [6.07, 6.45) is -0.930. The van der Waals surface area contributed by atoms with Crippen LogP contribution in [0.4, 0.5) is 4.79 Å². The monoisotopic (exact) mass is 293 g/mol. The number of hydrogen-bond donors (Lipinski definition) is 3. The predicted molar refractivity (Wildman–Crippen MR) is 72.2 cm³/mol. The summed E-state index contributed by atoms with van der Waals surface area (Å²) in [5, 5.41) is 28.4. The van der Waals surface area contributed by atoms with Gasteiger partial charge in [0, 0.05) is 0 Å². The van der Waals surface area contributed by atoms with E-state index in [1.807, 2.05) is 0 Å². The van der Waals surface area contributed by atoms with Crippen molar-refractivity contribution < 1.29 is 29.6 Å². The quantitative estimate of drug-likeness (QED) is 0.724. The fraction of sp³-hybridized carbons (Fsp3) is 0.286. The third-order valence-corrected chi connectivity index (χ3v) is 3.24. The number of rotatable bonds is 4.